The summed E-state index contributed by atoms with van der Waals surface area (Å²) in [5, 5.41) is 2.33. The van der Waals surface area contributed by atoms with Crippen molar-refractivity contribution in [2.75, 3.05) is 13.7 Å². The molecule has 1 fully saturated rings. The first-order valence-electron chi connectivity index (χ1n) is 9.70. The van der Waals surface area contributed by atoms with Gasteiger partial charge in [-0.2, -0.15) is 0 Å². The van der Waals surface area contributed by atoms with Gasteiger partial charge in [-0.1, -0.05) is 23.9 Å². The van der Waals surface area contributed by atoms with Gasteiger partial charge in [0.25, 0.3) is 0 Å². The van der Waals surface area contributed by atoms with E-state index >= 15 is 0 Å². The highest BCUT2D eigenvalue weighted by Crippen LogP contribution is 2.30. The fourth-order valence-corrected chi connectivity index (χ4v) is 4.08. The minimum absolute atomic E-state index is 0.0341. The molecule has 31 heavy (non-hydrogen) atoms. The van der Waals surface area contributed by atoms with Crippen LogP contribution >= 0.6 is 11.8 Å². The maximum Gasteiger partial charge on any atom is 0.338 e. The fraction of sp³-hybridized carbons (Fsp3) is 0.273. The zero-order chi connectivity index (χ0) is 22.4. The third-order valence-electron chi connectivity index (χ3n) is 4.54. The molecule has 0 saturated carbocycles. The van der Waals surface area contributed by atoms with E-state index < -0.39 is 11.2 Å². The topological polar surface area (TPSA) is 88.1 Å². The second kappa shape index (κ2) is 10.2. The first-order valence-corrected chi connectivity index (χ1v) is 10.6. The summed E-state index contributed by atoms with van der Waals surface area (Å²) in [4.78, 5) is 42.8. The van der Waals surface area contributed by atoms with Gasteiger partial charge >= 0.3 is 5.97 Å². The molecule has 1 heterocycles. The van der Waals surface area contributed by atoms with Crippen LogP contribution in [0.15, 0.2) is 53.5 Å². The van der Waals surface area contributed by atoms with Gasteiger partial charge in [-0.3, -0.25) is 14.5 Å². The number of ether oxygens (including phenoxy) is 1. The SMILES string of the molecule is CCOC(=O)c1ccc(N=C2S[C@@H](C(=O)NC)CC(=O)N2Cc2ccc(F)cc2)cc1. The summed E-state index contributed by atoms with van der Waals surface area (Å²) in [5.41, 5.74) is 1.65. The van der Waals surface area contributed by atoms with Gasteiger partial charge in [0.05, 0.1) is 29.7 Å². The molecule has 9 heteroatoms. The van der Waals surface area contributed by atoms with E-state index in [0.29, 0.717) is 16.4 Å². The molecule has 3 rings (SSSR count). The minimum Gasteiger partial charge on any atom is -0.462 e. The maximum atomic E-state index is 13.2. The average Bonchev–Trinajstić information content (AvgIpc) is 2.77. The van der Waals surface area contributed by atoms with Crippen molar-refractivity contribution >= 4 is 40.4 Å². The normalized spacial score (nSPS) is 17.5. The van der Waals surface area contributed by atoms with Gasteiger partial charge < -0.3 is 10.1 Å². The number of hydrogen-bond acceptors (Lipinski definition) is 6. The van der Waals surface area contributed by atoms with Crippen LogP contribution < -0.4 is 5.32 Å². The first kappa shape index (κ1) is 22.5. The lowest BCUT2D eigenvalue weighted by atomic mass is 10.2. The summed E-state index contributed by atoms with van der Waals surface area (Å²) in [6.07, 6.45) is 0.0341. The smallest absolute Gasteiger partial charge is 0.338 e. The molecule has 0 radical (unpaired) electrons. The van der Waals surface area contributed by atoms with Crippen molar-refractivity contribution in [3.63, 3.8) is 0 Å². The Hall–Kier alpha value is -3.20. The highest BCUT2D eigenvalue weighted by molar-refractivity contribution is 8.15. The molecule has 1 aliphatic heterocycles. The molecule has 0 aromatic heterocycles. The fourth-order valence-electron chi connectivity index (χ4n) is 2.93. The van der Waals surface area contributed by atoms with Gasteiger partial charge in [-0.25, -0.2) is 14.2 Å². The van der Waals surface area contributed by atoms with Gasteiger partial charge in [0, 0.05) is 13.5 Å². The molecule has 162 valence electrons. The lowest BCUT2D eigenvalue weighted by Gasteiger charge is -2.31. The third-order valence-corrected chi connectivity index (χ3v) is 5.72. The number of esters is 1. The van der Waals surface area contributed by atoms with Crippen LogP contribution in [-0.2, 0) is 20.9 Å². The van der Waals surface area contributed by atoms with Gasteiger partial charge in [-0.15, -0.1) is 0 Å². The van der Waals surface area contributed by atoms with Crippen molar-refractivity contribution in [1.29, 1.82) is 0 Å². The molecule has 1 saturated heterocycles. The van der Waals surface area contributed by atoms with E-state index in [1.165, 1.54) is 35.8 Å². The van der Waals surface area contributed by atoms with Crippen molar-refractivity contribution in [3.8, 4) is 0 Å². The van der Waals surface area contributed by atoms with E-state index in [2.05, 4.69) is 10.3 Å². The molecule has 0 bridgehead atoms. The van der Waals surface area contributed by atoms with Crippen LogP contribution in [-0.4, -0.2) is 46.8 Å². The van der Waals surface area contributed by atoms with Crippen LogP contribution in [0, 0.1) is 5.82 Å². The molecule has 1 atom stereocenters. The molecule has 2 amide bonds. The van der Waals surface area contributed by atoms with Crippen LogP contribution in [0.4, 0.5) is 10.1 Å². The summed E-state index contributed by atoms with van der Waals surface area (Å²) < 4.78 is 18.2. The number of aliphatic imine (C=N–C) groups is 1. The number of amides is 2. The molecule has 2 aromatic carbocycles. The number of nitrogens with zero attached hydrogens (tertiary/aromatic N) is 2. The Bertz CT molecular complexity index is 993. The third kappa shape index (κ3) is 5.69. The maximum absolute atomic E-state index is 13.2. The molecular formula is C22H22FN3O4S. The van der Waals surface area contributed by atoms with Crippen molar-refractivity contribution in [3.05, 3.63) is 65.5 Å². The lowest BCUT2D eigenvalue weighted by Crippen LogP contribution is -2.45. The summed E-state index contributed by atoms with van der Waals surface area (Å²) in [6.45, 7) is 2.21. The molecule has 1 N–H and O–H groups in total. The number of amidine groups is 1. The molecule has 0 aliphatic carbocycles. The quantitative estimate of drug-likeness (QED) is 0.693. The number of carbonyl (C=O) groups excluding carboxylic acids is 3. The Morgan fingerprint density at radius 1 is 1.19 bits per heavy atom. The summed E-state index contributed by atoms with van der Waals surface area (Å²) >= 11 is 1.19. The zero-order valence-electron chi connectivity index (χ0n) is 17.1. The molecule has 0 spiro atoms. The van der Waals surface area contributed by atoms with Gasteiger partial charge in [-0.05, 0) is 48.9 Å². The van der Waals surface area contributed by atoms with E-state index in [1.54, 1.807) is 43.3 Å². The van der Waals surface area contributed by atoms with E-state index in [0.717, 1.165) is 5.56 Å². The summed E-state index contributed by atoms with van der Waals surface area (Å²) in [7, 11) is 1.52. The first-order chi connectivity index (χ1) is 14.9. The average molecular weight is 444 g/mol. The number of rotatable bonds is 6. The Morgan fingerprint density at radius 3 is 2.48 bits per heavy atom. The van der Waals surface area contributed by atoms with Gasteiger partial charge in [0.2, 0.25) is 11.8 Å². The van der Waals surface area contributed by atoms with Crippen LogP contribution in [0.25, 0.3) is 0 Å². The number of nitrogens with one attached hydrogen (secondary N) is 1. The Kier molecular flexibility index (Phi) is 7.41. The number of carbonyl (C=O) groups is 3. The van der Waals surface area contributed by atoms with Gasteiger partial charge in [0.1, 0.15) is 5.82 Å². The van der Waals surface area contributed by atoms with Crippen LogP contribution in [0.3, 0.4) is 0 Å². The van der Waals surface area contributed by atoms with Crippen LogP contribution in [0.5, 0.6) is 0 Å². The number of thioether (sulfide) groups is 1. The van der Waals surface area contributed by atoms with E-state index in [-0.39, 0.29) is 37.2 Å². The molecule has 1 aliphatic rings. The second-order valence-corrected chi connectivity index (χ2v) is 7.86. The zero-order valence-corrected chi connectivity index (χ0v) is 17.9. The van der Waals surface area contributed by atoms with E-state index in [1.807, 2.05) is 0 Å². The Morgan fingerprint density at radius 2 is 1.87 bits per heavy atom. The monoisotopic (exact) mass is 443 g/mol. The number of halogens is 1. The number of hydrogen-bond donors (Lipinski definition) is 1. The van der Waals surface area contributed by atoms with Crippen LogP contribution in [0.2, 0.25) is 0 Å². The van der Waals surface area contributed by atoms with Crippen molar-refractivity contribution in [2.24, 2.45) is 4.99 Å². The predicted molar refractivity (Wildman–Crippen MR) is 117 cm³/mol. The largest absolute Gasteiger partial charge is 0.462 e. The molecule has 2 aromatic rings. The Labute approximate surface area is 183 Å². The van der Waals surface area contributed by atoms with Crippen molar-refractivity contribution in [1.82, 2.24) is 10.2 Å². The summed E-state index contributed by atoms with van der Waals surface area (Å²) in [6, 6.07) is 12.3. The standard InChI is InChI=1S/C22H22FN3O4S/c1-3-30-21(29)15-6-10-17(11-7-15)25-22-26(13-14-4-8-16(23)9-5-14)19(27)12-18(31-22)20(28)24-2/h4-11,18H,3,12-13H2,1-2H3,(H,24,28)/t18-/m1/s1. The summed E-state index contributed by atoms with van der Waals surface area (Å²) in [5.74, 6) is -1.30. The Balaban J connectivity index is 1.89. The lowest BCUT2D eigenvalue weighted by molar-refractivity contribution is -0.130. The van der Waals surface area contributed by atoms with Crippen molar-refractivity contribution < 1.29 is 23.5 Å². The minimum atomic E-state index is -0.598. The molecular weight excluding hydrogens is 421 g/mol. The molecule has 7 nitrogen and oxygen atoms in total. The van der Waals surface area contributed by atoms with Crippen molar-refractivity contribution in [2.45, 2.75) is 25.1 Å². The molecule has 0 unspecified atom stereocenters. The van der Waals surface area contributed by atoms with E-state index in [9.17, 15) is 18.8 Å². The van der Waals surface area contributed by atoms with Crippen LogP contribution in [0.1, 0.15) is 29.3 Å². The van der Waals surface area contributed by atoms with Gasteiger partial charge in [0.15, 0.2) is 5.17 Å². The number of benzene rings is 2. The highest BCUT2D eigenvalue weighted by atomic mass is 32.2. The predicted octanol–water partition coefficient (Wildman–Crippen LogP) is 3.27. The van der Waals surface area contributed by atoms with E-state index in [4.69, 9.17) is 4.74 Å². The highest BCUT2D eigenvalue weighted by Gasteiger charge is 2.35. The second-order valence-electron chi connectivity index (χ2n) is 6.69.